The lowest BCUT2D eigenvalue weighted by atomic mass is 10.2. The third kappa shape index (κ3) is 10.7. The minimum Gasteiger partial charge on any atom is -0.465 e. The molecule has 2 aromatic heterocycles. The lowest BCUT2D eigenvalue weighted by Gasteiger charge is -2.06. The molecule has 0 saturated heterocycles. The van der Waals surface area contributed by atoms with E-state index in [1.807, 2.05) is 36.7 Å². The summed E-state index contributed by atoms with van der Waals surface area (Å²) < 4.78 is 14.8. The first-order valence-corrected chi connectivity index (χ1v) is 19.7. The first kappa shape index (κ1) is 40.4. The maximum atomic E-state index is 11.6. The fourth-order valence-electron chi connectivity index (χ4n) is 4.65. The lowest BCUT2D eigenvalue weighted by Crippen LogP contribution is -2.01. The zero-order chi connectivity index (χ0) is 38.8. The van der Waals surface area contributed by atoms with E-state index in [2.05, 4.69) is 55.4 Å². The molecule has 0 aliphatic rings. The van der Waals surface area contributed by atoms with Gasteiger partial charge in [0.1, 0.15) is 0 Å². The van der Waals surface area contributed by atoms with E-state index in [4.69, 9.17) is 9.47 Å². The van der Waals surface area contributed by atoms with Gasteiger partial charge < -0.3 is 9.47 Å². The molecule has 6 rings (SSSR count). The fraction of sp³-hybridized carbons (Fsp3) is 0.111. The predicted molar refractivity (Wildman–Crippen MR) is 221 cm³/mol. The summed E-state index contributed by atoms with van der Waals surface area (Å²) >= 11 is 7.62. The van der Waals surface area contributed by atoms with Gasteiger partial charge in [-0.2, -0.15) is 10.2 Å². The average molecular weight is 991 g/mol. The first-order valence-electron chi connectivity index (χ1n) is 15.6. The molecule has 0 spiro atoms. The van der Waals surface area contributed by atoms with Crippen LogP contribution in [0.1, 0.15) is 32.1 Å². The molecule has 0 saturated carbocycles. The van der Waals surface area contributed by atoms with Crippen LogP contribution >= 0.6 is 68.7 Å². The summed E-state index contributed by atoms with van der Waals surface area (Å²) in [7, 11) is 2.72. The van der Waals surface area contributed by atoms with Crippen molar-refractivity contribution in [2.24, 2.45) is 0 Å². The quantitative estimate of drug-likeness (QED) is 0.0375. The van der Waals surface area contributed by atoms with Crippen LogP contribution in [-0.4, -0.2) is 55.6 Å². The van der Waals surface area contributed by atoms with Crippen molar-refractivity contribution >= 4 is 92.0 Å². The van der Waals surface area contributed by atoms with Gasteiger partial charge in [0, 0.05) is 65.1 Å². The van der Waals surface area contributed by atoms with E-state index in [0.717, 1.165) is 39.7 Å². The van der Waals surface area contributed by atoms with Crippen molar-refractivity contribution in [1.82, 2.24) is 19.6 Å². The van der Waals surface area contributed by atoms with E-state index in [-0.39, 0.29) is 23.3 Å². The van der Waals surface area contributed by atoms with Gasteiger partial charge >= 0.3 is 11.9 Å². The van der Waals surface area contributed by atoms with Crippen molar-refractivity contribution in [1.29, 1.82) is 0 Å². The molecule has 0 N–H and O–H groups in total. The molecule has 0 atom stereocenters. The normalized spacial score (nSPS) is 10.6. The number of hydrogen-bond donors (Lipinski definition) is 0. The van der Waals surface area contributed by atoms with Crippen molar-refractivity contribution in [3.8, 4) is 11.4 Å². The van der Waals surface area contributed by atoms with E-state index in [1.54, 1.807) is 81.4 Å². The van der Waals surface area contributed by atoms with Gasteiger partial charge in [-0.3, -0.25) is 20.2 Å². The number of carbonyl (C=O) groups is 2. The highest BCUT2D eigenvalue weighted by atomic mass is 127. The van der Waals surface area contributed by atoms with E-state index in [1.165, 1.54) is 38.5 Å². The molecule has 6 aromatic rings. The van der Waals surface area contributed by atoms with Crippen LogP contribution in [0.5, 0.6) is 0 Å². The predicted octanol–water partition coefficient (Wildman–Crippen LogP) is 8.93. The highest BCUT2D eigenvalue weighted by Crippen LogP contribution is 2.30. The number of methoxy groups -OCH3 is 2. The maximum absolute atomic E-state index is 11.6. The molecule has 2 heterocycles. The number of nitro groups is 2. The number of nitrogens with zero attached hydrogens (tertiary/aromatic N) is 6. The molecular formula is C36H28I2N6O8S2. The van der Waals surface area contributed by atoms with Crippen LogP contribution in [0.15, 0.2) is 119 Å². The Bertz CT molecular complexity index is 2140. The van der Waals surface area contributed by atoms with E-state index >= 15 is 0 Å². The van der Waals surface area contributed by atoms with Gasteiger partial charge in [-0.15, -0.1) is 23.5 Å². The van der Waals surface area contributed by atoms with E-state index in [0.29, 0.717) is 22.6 Å². The second kappa shape index (κ2) is 19.0. The molecule has 276 valence electrons. The summed E-state index contributed by atoms with van der Waals surface area (Å²) in [6.07, 6.45) is 3.64. The molecule has 0 aliphatic heterocycles. The number of aromatic nitrogens is 4. The van der Waals surface area contributed by atoms with Crippen molar-refractivity contribution in [2.75, 3.05) is 14.2 Å². The Balaban J connectivity index is 0.000000208. The van der Waals surface area contributed by atoms with Gasteiger partial charge in [0.15, 0.2) is 0 Å². The minimum absolute atomic E-state index is 0.0478. The number of carbonyl (C=O) groups excluding carboxylic acids is 2. The molecular weight excluding hydrogens is 962 g/mol. The van der Waals surface area contributed by atoms with Crippen molar-refractivity contribution in [3.63, 3.8) is 0 Å². The lowest BCUT2D eigenvalue weighted by molar-refractivity contribution is -0.385. The fourth-order valence-corrected chi connectivity index (χ4v) is 8.25. The standard InChI is InChI=1S/2C18H14IN3O4S/c2*1-26-18(23)12-2-7-17(16(19)10-12)27-11-13-8-9-21(20-13)14-3-5-15(6-4-14)22(24)25/h2*2-10H,11H2,1H3. The number of ether oxygens (including phenoxy) is 2. The van der Waals surface area contributed by atoms with Crippen molar-refractivity contribution < 1.29 is 28.9 Å². The molecule has 18 heteroatoms. The third-order valence-electron chi connectivity index (χ3n) is 7.40. The Labute approximate surface area is 344 Å². The number of thioether (sulfide) groups is 2. The van der Waals surface area contributed by atoms with Crippen LogP contribution in [0.3, 0.4) is 0 Å². The molecule has 54 heavy (non-hydrogen) atoms. The summed E-state index contributed by atoms with van der Waals surface area (Å²) in [5.74, 6) is 0.610. The highest BCUT2D eigenvalue weighted by Gasteiger charge is 2.13. The van der Waals surface area contributed by atoms with Crippen LogP contribution in [0.25, 0.3) is 11.4 Å². The number of rotatable bonds is 12. The molecule has 0 bridgehead atoms. The van der Waals surface area contributed by atoms with Crippen LogP contribution < -0.4 is 0 Å². The summed E-state index contributed by atoms with van der Waals surface area (Å²) in [5, 5.41) is 30.5. The number of halogens is 2. The zero-order valence-electron chi connectivity index (χ0n) is 28.3. The molecule has 0 unspecified atom stereocenters. The molecule has 0 amide bonds. The van der Waals surface area contributed by atoms with E-state index < -0.39 is 9.85 Å². The van der Waals surface area contributed by atoms with Crippen molar-refractivity contribution in [3.05, 3.63) is 159 Å². The van der Waals surface area contributed by atoms with Gasteiger partial charge in [0.2, 0.25) is 0 Å². The number of esters is 2. The van der Waals surface area contributed by atoms with Gasteiger partial charge in [0.05, 0.1) is 58.0 Å². The Morgan fingerprint density at radius 2 is 1.00 bits per heavy atom. The molecule has 0 aliphatic carbocycles. The largest absolute Gasteiger partial charge is 0.465 e. The number of non-ortho nitro benzene ring substituents is 2. The van der Waals surface area contributed by atoms with Gasteiger partial charge in [-0.25, -0.2) is 19.0 Å². The zero-order valence-corrected chi connectivity index (χ0v) is 34.3. The van der Waals surface area contributed by atoms with E-state index in [9.17, 15) is 29.8 Å². The summed E-state index contributed by atoms with van der Waals surface area (Å²) in [6.45, 7) is 0. The highest BCUT2D eigenvalue weighted by molar-refractivity contribution is 14.1. The summed E-state index contributed by atoms with van der Waals surface area (Å²) in [5.41, 5.74) is 4.42. The van der Waals surface area contributed by atoms with Crippen LogP contribution in [0, 0.1) is 27.4 Å². The van der Waals surface area contributed by atoms with Gasteiger partial charge in [-0.1, -0.05) is 0 Å². The van der Waals surface area contributed by atoms with Gasteiger partial charge in [0.25, 0.3) is 11.4 Å². The number of hydrogen-bond acceptors (Lipinski definition) is 12. The average Bonchev–Trinajstić information content (AvgIpc) is 3.87. The smallest absolute Gasteiger partial charge is 0.337 e. The van der Waals surface area contributed by atoms with Gasteiger partial charge in [-0.05, 0) is 118 Å². The van der Waals surface area contributed by atoms with Crippen LogP contribution in [0.2, 0.25) is 0 Å². The molecule has 4 aromatic carbocycles. The first-order chi connectivity index (χ1) is 25.9. The Morgan fingerprint density at radius 1 is 0.630 bits per heavy atom. The van der Waals surface area contributed by atoms with Crippen LogP contribution in [0.4, 0.5) is 11.4 Å². The minimum atomic E-state index is -0.429. The maximum Gasteiger partial charge on any atom is 0.337 e. The monoisotopic (exact) mass is 990 g/mol. The number of nitro benzene ring substituents is 2. The summed E-state index contributed by atoms with van der Waals surface area (Å²) in [6, 6.07) is 27.2. The number of benzene rings is 4. The second-order valence-electron chi connectivity index (χ2n) is 10.9. The Hall–Kier alpha value is -4.80. The Morgan fingerprint density at radius 3 is 1.31 bits per heavy atom. The third-order valence-corrected chi connectivity index (χ3v) is 12.1. The van der Waals surface area contributed by atoms with Crippen LogP contribution in [-0.2, 0) is 21.0 Å². The van der Waals surface area contributed by atoms with Crippen molar-refractivity contribution in [2.45, 2.75) is 21.3 Å². The molecule has 0 radical (unpaired) electrons. The SMILES string of the molecule is COC(=O)c1ccc(SCc2ccn(-c3ccc([N+](=O)[O-])cc3)n2)c(I)c1.COC(=O)c1ccc(SCc2ccn(-c3ccc([N+](=O)[O-])cc3)n2)c(I)c1. The molecule has 0 fully saturated rings. The second-order valence-corrected chi connectivity index (χ2v) is 15.3. The summed E-state index contributed by atoms with van der Waals surface area (Å²) in [4.78, 5) is 45.8. The topological polar surface area (TPSA) is 175 Å². The molecule has 14 nitrogen and oxygen atoms in total. The Kier molecular flexibility index (Phi) is 14.2.